The van der Waals surface area contributed by atoms with Gasteiger partial charge in [0.15, 0.2) is 5.82 Å². The zero-order chi connectivity index (χ0) is 18.8. The van der Waals surface area contributed by atoms with Crippen molar-refractivity contribution in [2.45, 2.75) is 0 Å². The van der Waals surface area contributed by atoms with Crippen molar-refractivity contribution in [2.75, 3.05) is 5.32 Å². The second kappa shape index (κ2) is 7.28. The Hall–Kier alpha value is -3.07. The summed E-state index contributed by atoms with van der Waals surface area (Å²) < 4.78 is 1.15. The monoisotopic (exact) mass is 468 g/mol. The normalized spacial score (nSPS) is 10.7. The van der Waals surface area contributed by atoms with E-state index in [4.69, 9.17) is 0 Å². The average molecular weight is 468 g/mol. The number of nitrogens with zero attached hydrogens (tertiary/aromatic N) is 3. The molecule has 0 unspecified atom stereocenters. The van der Waals surface area contributed by atoms with Gasteiger partial charge < -0.3 is 5.32 Å². The van der Waals surface area contributed by atoms with E-state index in [1.165, 1.54) is 12.1 Å². The number of para-hydroxylation sites is 1. The lowest BCUT2D eigenvalue weighted by atomic mass is 10.1. The van der Waals surface area contributed by atoms with Gasteiger partial charge in [-0.3, -0.25) is 10.1 Å². The van der Waals surface area contributed by atoms with Gasteiger partial charge in [0.1, 0.15) is 5.82 Å². The van der Waals surface area contributed by atoms with Gasteiger partial charge in [0.05, 0.1) is 10.4 Å². The molecule has 1 aromatic heterocycles. The Morgan fingerprint density at radius 2 is 1.59 bits per heavy atom. The summed E-state index contributed by atoms with van der Waals surface area (Å²) >= 11 is 2.26. The molecule has 0 atom stereocenters. The zero-order valence-corrected chi connectivity index (χ0v) is 16.1. The maximum atomic E-state index is 10.9. The largest absolute Gasteiger partial charge is 0.340 e. The third-order valence-electron chi connectivity index (χ3n) is 4.05. The van der Waals surface area contributed by atoms with Gasteiger partial charge in [-0.05, 0) is 71.1 Å². The number of non-ortho nitro benzene ring substituents is 1. The summed E-state index contributed by atoms with van der Waals surface area (Å²) in [6.45, 7) is 0. The quantitative estimate of drug-likeness (QED) is 0.241. The van der Waals surface area contributed by atoms with Crippen LogP contribution < -0.4 is 5.32 Å². The van der Waals surface area contributed by atoms with E-state index in [1.807, 2.05) is 48.5 Å². The first-order valence-electron chi connectivity index (χ1n) is 8.14. The van der Waals surface area contributed by atoms with Crippen LogP contribution in [0.4, 0.5) is 17.2 Å². The first-order valence-corrected chi connectivity index (χ1v) is 9.22. The van der Waals surface area contributed by atoms with E-state index < -0.39 is 4.92 Å². The Kier molecular flexibility index (Phi) is 4.68. The Balaban J connectivity index is 1.80. The van der Waals surface area contributed by atoms with E-state index in [2.05, 4.69) is 37.9 Å². The van der Waals surface area contributed by atoms with Crippen molar-refractivity contribution < 1.29 is 4.92 Å². The van der Waals surface area contributed by atoms with Gasteiger partial charge >= 0.3 is 0 Å². The lowest BCUT2D eigenvalue weighted by Crippen LogP contribution is -1.99. The molecular weight excluding hydrogens is 455 g/mol. The van der Waals surface area contributed by atoms with Crippen LogP contribution in [0.1, 0.15) is 0 Å². The van der Waals surface area contributed by atoms with Crippen molar-refractivity contribution in [1.29, 1.82) is 0 Å². The van der Waals surface area contributed by atoms with E-state index in [1.54, 1.807) is 12.1 Å². The smallest absolute Gasteiger partial charge is 0.269 e. The van der Waals surface area contributed by atoms with Gasteiger partial charge in [-0.1, -0.05) is 12.1 Å². The Bertz CT molecular complexity index is 1130. The van der Waals surface area contributed by atoms with E-state index in [-0.39, 0.29) is 5.69 Å². The van der Waals surface area contributed by atoms with Crippen LogP contribution in [0.5, 0.6) is 0 Å². The standard InChI is InChI=1S/C20H13IN4O2/c21-14-7-9-15(10-8-14)22-20-17-3-1-2-4-18(17)23-19(24-20)13-5-11-16(12-6-13)25(26)27/h1-12H,(H,22,23,24). The maximum absolute atomic E-state index is 10.9. The van der Waals surface area contributed by atoms with Crippen LogP contribution in [0.2, 0.25) is 0 Å². The minimum Gasteiger partial charge on any atom is -0.340 e. The molecule has 4 rings (SSSR count). The van der Waals surface area contributed by atoms with Gasteiger partial charge in [-0.25, -0.2) is 9.97 Å². The van der Waals surface area contributed by atoms with Crippen LogP contribution in [0.25, 0.3) is 22.3 Å². The Morgan fingerprint density at radius 3 is 2.30 bits per heavy atom. The second-order valence-electron chi connectivity index (χ2n) is 5.85. The minimum atomic E-state index is -0.422. The number of aromatic nitrogens is 2. The highest BCUT2D eigenvalue weighted by Crippen LogP contribution is 2.28. The number of anilines is 2. The van der Waals surface area contributed by atoms with Gasteiger partial charge in [0.25, 0.3) is 5.69 Å². The molecule has 7 heteroatoms. The molecule has 132 valence electrons. The summed E-state index contributed by atoms with van der Waals surface area (Å²) in [5.41, 5.74) is 2.48. The fourth-order valence-electron chi connectivity index (χ4n) is 2.70. The number of rotatable bonds is 4. The van der Waals surface area contributed by atoms with Crippen LogP contribution in [0.3, 0.4) is 0 Å². The molecule has 0 aliphatic carbocycles. The molecule has 0 spiro atoms. The first kappa shape index (κ1) is 17.3. The number of hydrogen-bond acceptors (Lipinski definition) is 5. The SMILES string of the molecule is O=[N+]([O-])c1ccc(-c2nc(Nc3ccc(I)cc3)c3ccccc3n2)cc1. The summed E-state index contributed by atoms with van der Waals surface area (Å²) in [6.07, 6.45) is 0. The van der Waals surface area contributed by atoms with Crippen LogP contribution in [-0.2, 0) is 0 Å². The summed E-state index contributed by atoms with van der Waals surface area (Å²) in [7, 11) is 0. The number of nitro benzene ring substituents is 1. The average Bonchev–Trinajstić information content (AvgIpc) is 2.69. The van der Waals surface area contributed by atoms with Gasteiger partial charge in [0.2, 0.25) is 0 Å². The molecule has 0 saturated heterocycles. The number of hydrogen-bond donors (Lipinski definition) is 1. The van der Waals surface area contributed by atoms with Crippen molar-refractivity contribution in [3.63, 3.8) is 0 Å². The summed E-state index contributed by atoms with van der Waals surface area (Å²) in [4.78, 5) is 19.7. The van der Waals surface area contributed by atoms with Crippen LogP contribution in [-0.4, -0.2) is 14.9 Å². The number of nitrogens with one attached hydrogen (secondary N) is 1. The molecule has 6 nitrogen and oxygen atoms in total. The van der Waals surface area contributed by atoms with Crippen LogP contribution in [0, 0.1) is 13.7 Å². The van der Waals surface area contributed by atoms with Crippen molar-refractivity contribution in [3.8, 4) is 11.4 Å². The third kappa shape index (κ3) is 3.72. The number of nitro groups is 1. The van der Waals surface area contributed by atoms with Gasteiger partial charge in [-0.2, -0.15) is 0 Å². The van der Waals surface area contributed by atoms with E-state index in [0.717, 1.165) is 25.7 Å². The van der Waals surface area contributed by atoms with E-state index >= 15 is 0 Å². The molecule has 0 aliphatic heterocycles. The summed E-state index contributed by atoms with van der Waals surface area (Å²) in [5, 5.41) is 15.1. The second-order valence-corrected chi connectivity index (χ2v) is 7.09. The molecule has 1 N–H and O–H groups in total. The molecule has 27 heavy (non-hydrogen) atoms. The predicted octanol–water partition coefficient (Wildman–Crippen LogP) is 5.55. The van der Waals surface area contributed by atoms with Gasteiger partial charge in [0, 0.05) is 32.3 Å². The summed E-state index contributed by atoms with van der Waals surface area (Å²) in [6, 6.07) is 22.0. The highest BCUT2D eigenvalue weighted by molar-refractivity contribution is 14.1. The minimum absolute atomic E-state index is 0.0387. The van der Waals surface area contributed by atoms with Crippen molar-refractivity contribution in [1.82, 2.24) is 9.97 Å². The molecule has 4 aromatic rings. The zero-order valence-electron chi connectivity index (χ0n) is 14.0. The lowest BCUT2D eigenvalue weighted by Gasteiger charge is -2.11. The highest BCUT2D eigenvalue weighted by Gasteiger charge is 2.11. The molecule has 0 bridgehead atoms. The van der Waals surface area contributed by atoms with Gasteiger partial charge in [-0.15, -0.1) is 0 Å². The van der Waals surface area contributed by atoms with E-state index in [9.17, 15) is 10.1 Å². The molecular formula is C20H13IN4O2. The van der Waals surface area contributed by atoms with Crippen molar-refractivity contribution in [2.24, 2.45) is 0 Å². The molecule has 0 radical (unpaired) electrons. The number of halogens is 1. The molecule has 1 heterocycles. The first-order chi connectivity index (χ1) is 13.1. The molecule has 3 aromatic carbocycles. The number of benzene rings is 3. The predicted molar refractivity (Wildman–Crippen MR) is 114 cm³/mol. The molecule has 0 aliphatic rings. The lowest BCUT2D eigenvalue weighted by molar-refractivity contribution is -0.384. The van der Waals surface area contributed by atoms with Crippen LogP contribution >= 0.6 is 22.6 Å². The van der Waals surface area contributed by atoms with Crippen molar-refractivity contribution in [3.05, 3.63) is 86.5 Å². The highest BCUT2D eigenvalue weighted by atomic mass is 127. The topological polar surface area (TPSA) is 81.0 Å². The molecule has 0 amide bonds. The third-order valence-corrected chi connectivity index (χ3v) is 4.77. The Labute approximate surface area is 168 Å². The fraction of sp³-hybridized carbons (Fsp3) is 0. The molecule has 0 fully saturated rings. The fourth-order valence-corrected chi connectivity index (χ4v) is 3.06. The number of fused-ring (bicyclic) bond motifs is 1. The Morgan fingerprint density at radius 1 is 0.889 bits per heavy atom. The maximum Gasteiger partial charge on any atom is 0.269 e. The molecule has 0 saturated carbocycles. The van der Waals surface area contributed by atoms with Crippen molar-refractivity contribution >= 4 is 50.7 Å². The van der Waals surface area contributed by atoms with E-state index in [0.29, 0.717) is 11.6 Å². The van der Waals surface area contributed by atoms with Crippen LogP contribution in [0.15, 0.2) is 72.8 Å². The summed E-state index contributed by atoms with van der Waals surface area (Å²) in [5.74, 6) is 1.20.